The summed E-state index contributed by atoms with van der Waals surface area (Å²) in [6.45, 7) is 7.80. The summed E-state index contributed by atoms with van der Waals surface area (Å²) in [5.74, 6) is -1.52. The van der Waals surface area contributed by atoms with E-state index in [9.17, 15) is 19.2 Å². The second-order valence-electron chi connectivity index (χ2n) is 8.75. The number of hydrogen-bond acceptors (Lipinski definition) is 4. The number of hydrogen-bond donors (Lipinski definition) is 2. The topological polar surface area (TPSA) is 107 Å². The minimum absolute atomic E-state index is 0.153. The number of urea groups is 1. The maximum atomic E-state index is 12.9. The van der Waals surface area contributed by atoms with Crippen LogP contribution in [0.1, 0.15) is 59.8 Å². The summed E-state index contributed by atoms with van der Waals surface area (Å²) in [5.41, 5.74) is -0.762. The van der Waals surface area contributed by atoms with Gasteiger partial charge in [0.2, 0.25) is 5.91 Å². The Balaban J connectivity index is 2.06. The fourth-order valence-electron chi connectivity index (χ4n) is 4.10. The van der Waals surface area contributed by atoms with Crippen LogP contribution in [0.5, 0.6) is 0 Å². The zero-order valence-corrected chi connectivity index (χ0v) is 16.7. The van der Waals surface area contributed by atoms with Crippen molar-refractivity contribution >= 4 is 23.8 Å². The van der Waals surface area contributed by atoms with Crippen LogP contribution < -0.4 is 5.32 Å². The lowest BCUT2D eigenvalue weighted by molar-refractivity contribution is -0.146. The van der Waals surface area contributed by atoms with E-state index >= 15 is 0 Å². The third-order valence-electron chi connectivity index (χ3n) is 5.78. The van der Waals surface area contributed by atoms with E-state index in [0.717, 1.165) is 17.7 Å². The van der Waals surface area contributed by atoms with Crippen molar-refractivity contribution < 1.29 is 24.3 Å². The molecule has 0 bridgehead atoms. The van der Waals surface area contributed by atoms with Crippen molar-refractivity contribution in [2.75, 3.05) is 19.6 Å². The van der Waals surface area contributed by atoms with Crippen molar-refractivity contribution in [3.05, 3.63) is 0 Å². The average molecular weight is 381 g/mol. The predicted octanol–water partition coefficient (Wildman–Crippen LogP) is 1.84. The minimum Gasteiger partial charge on any atom is -0.480 e. The minimum atomic E-state index is -1.12. The molecule has 0 aromatic heterocycles. The molecule has 1 heterocycles. The molecule has 0 aromatic rings. The molecule has 1 aliphatic carbocycles. The highest BCUT2D eigenvalue weighted by molar-refractivity contribution is 6.09. The van der Waals surface area contributed by atoms with Crippen LogP contribution in [0.2, 0.25) is 0 Å². The van der Waals surface area contributed by atoms with E-state index in [1.54, 1.807) is 0 Å². The number of carbonyl (C=O) groups is 4. The average Bonchev–Trinajstić information content (AvgIpc) is 2.78. The molecule has 152 valence electrons. The van der Waals surface area contributed by atoms with Gasteiger partial charge in [0.05, 0.1) is 0 Å². The van der Waals surface area contributed by atoms with Crippen LogP contribution in [0.3, 0.4) is 0 Å². The number of nitrogens with one attached hydrogen (secondary N) is 1. The van der Waals surface area contributed by atoms with Gasteiger partial charge in [-0.25, -0.2) is 4.79 Å². The first-order valence-corrected chi connectivity index (χ1v) is 9.64. The highest BCUT2D eigenvalue weighted by atomic mass is 16.4. The van der Waals surface area contributed by atoms with Crippen LogP contribution >= 0.6 is 0 Å². The molecule has 4 amide bonds. The molecule has 0 atom stereocenters. The van der Waals surface area contributed by atoms with Crippen molar-refractivity contribution in [2.45, 2.75) is 65.3 Å². The predicted molar refractivity (Wildman–Crippen MR) is 98.9 cm³/mol. The van der Waals surface area contributed by atoms with Crippen LogP contribution in [0.15, 0.2) is 0 Å². The van der Waals surface area contributed by atoms with Crippen LogP contribution in [0.4, 0.5) is 4.79 Å². The van der Waals surface area contributed by atoms with Gasteiger partial charge in [0.15, 0.2) is 0 Å². The summed E-state index contributed by atoms with van der Waals surface area (Å²) in [5, 5.41) is 11.8. The molecule has 2 rings (SSSR count). The number of imide groups is 1. The van der Waals surface area contributed by atoms with Crippen LogP contribution in [-0.4, -0.2) is 63.9 Å². The van der Waals surface area contributed by atoms with Gasteiger partial charge in [0, 0.05) is 6.54 Å². The maximum absolute atomic E-state index is 12.9. The Morgan fingerprint density at radius 1 is 1.26 bits per heavy atom. The maximum Gasteiger partial charge on any atom is 0.325 e. The molecule has 0 radical (unpaired) electrons. The van der Waals surface area contributed by atoms with E-state index in [1.165, 1.54) is 4.90 Å². The third-order valence-corrected chi connectivity index (χ3v) is 5.78. The molecule has 0 aromatic carbocycles. The number of aliphatic carboxylic acids is 1. The van der Waals surface area contributed by atoms with Crippen LogP contribution in [0, 0.1) is 11.3 Å². The zero-order chi connectivity index (χ0) is 20.4. The van der Waals surface area contributed by atoms with E-state index in [2.05, 4.69) is 26.1 Å². The highest BCUT2D eigenvalue weighted by Crippen LogP contribution is 2.43. The normalized spacial score (nSPS) is 25.6. The van der Waals surface area contributed by atoms with E-state index in [0.29, 0.717) is 25.2 Å². The van der Waals surface area contributed by atoms with Crippen molar-refractivity contribution in [1.82, 2.24) is 15.1 Å². The smallest absolute Gasteiger partial charge is 0.325 e. The number of nitrogens with zero attached hydrogens (tertiary/aromatic N) is 2. The van der Waals surface area contributed by atoms with Gasteiger partial charge in [-0.15, -0.1) is 0 Å². The van der Waals surface area contributed by atoms with E-state index in [-0.39, 0.29) is 17.9 Å². The first kappa shape index (κ1) is 21.2. The summed E-state index contributed by atoms with van der Waals surface area (Å²) < 4.78 is 0. The van der Waals surface area contributed by atoms with E-state index in [4.69, 9.17) is 5.11 Å². The Morgan fingerprint density at radius 2 is 1.85 bits per heavy atom. The van der Waals surface area contributed by atoms with Gasteiger partial charge >= 0.3 is 12.0 Å². The molecule has 2 N–H and O–H groups in total. The quantitative estimate of drug-likeness (QED) is 0.683. The van der Waals surface area contributed by atoms with E-state index in [1.807, 2.05) is 6.92 Å². The van der Waals surface area contributed by atoms with Crippen LogP contribution in [0.25, 0.3) is 0 Å². The SMILES string of the molecule is CCCN(CC(=O)O)C(=O)CN1C(=O)NC2(CCC(C(C)(C)C)CC2)C1=O. The fraction of sp³-hybridized carbons (Fsp3) is 0.789. The lowest BCUT2D eigenvalue weighted by Gasteiger charge is -2.40. The Kier molecular flexibility index (Phi) is 6.17. The Labute approximate surface area is 160 Å². The summed E-state index contributed by atoms with van der Waals surface area (Å²) in [4.78, 5) is 50.9. The molecule has 1 aliphatic heterocycles. The highest BCUT2D eigenvalue weighted by Gasteiger charge is 2.53. The van der Waals surface area contributed by atoms with Crippen LogP contribution in [-0.2, 0) is 14.4 Å². The summed E-state index contributed by atoms with van der Waals surface area (Å²) >= 11 is 0. The summed E-state index contributed by atoms with van der Waals surface area (Å²) in [7, 11) is 0. The molecule has 1 spiro atoms. The molecule has 2 fully saturated rings. The largest absolute Gasteiger partial charge is 0.480 e. The number of carboxylic acids is 1. The van der Waals surface area contributed by atoms with Crippen molar-refractivity contribution in [3.63, 3.8) is 0 Å². The van der Waals surface area contributed by atoms with Gasteiger partial charge in [-0.1, -0.05) is 27.7 Å². The first-order valence-electron chi connectivity index (χ1n) is 9.64. The van der Waals surface area contributed by atoms with Gasteiger partial charge in [0.25, 0.3) is 5.91 Å². The number of carboxylic acid groups (broad SMARTS) is 1. The molecule has 1 saturated heterocycles. The number of carbonyl (C=O) groups excluding carboxylic acids is 3. The lowest BCUT2D eigenvalue weighted by atomic mass is 9.67. The molecule has 8 heteroatoms. The zero-order valence-electron chi connectivity index (χ0n) is 16.7. The Morgan fingerprint density at radius 3 is 2.33 bits per heavy atom. The van der Waals surface area contributed by atoms with Gasteiger partial charge in [0.1, 0.15) is 18.6 Å². The Hall–Kier alpha value is -2.12. The summed E-state index contributed by atoms with van der Waals surface area (Å²) in [6, 6.07) is -0.561. The summed E-state index contributed by atoms with van der Waals surface area (Å²) in [6.07, 6.45) is 3.42. The lowest BCUT2D eigenvalue weighted by Crippen LogP contribution is -2.51. The van der Waals surface area contributed by atoms with Gasteiger partial charge < -0.3 is 15.3 Å². The third kappa shape index (κ3) is 4.59. The molecule has 0 unspecified atom stereocenters. The second-order valence-corrected chi connectivity index (χ2v) is 8.75. The monoisotopic (exact) mass is 381 g/mol. The number of rotatable bonds is 6. The molecule has 1 saturated carbocycles. The second kappa shape index (κ2) is 7.86. The standard InChI is InChI=1S/C19H31N3O5/c1-5-10-21(12-15(24)25)14(23)11-22-16(26)19(20-17(22)27)8-6-13(7-9-19)18(2,3)4/h13H,5-12H2,1-4H3,(H,20,27)(H,24,25). The van der Waals surface area contributed by atoms with Gasteiger partial charge in [-0.3, -0.25) is 19.3 Å². The number of amides is 4. The molecular formula is C19H31N3O5. The van der Waals surface area contributed by atoms with Gasteiger partial charge in [-0.05, 0) is 43.4 Å². The van der Waals surface area contributed by atoms with E-state index < -0.39 is 36.5 Å². The fourth-order valence-corrected chi connectivity index (χ4v) is 4.10. The molecule has 8 nitrogen and oxygen atoms in total. The molecular weight excluding hydrogens is 350 g/mol. The molecule has 27 heavy (non-hydrogen) atoms. The van der Waals surface area contributed by atoms with Crippen molar-refractivity contribution in [3.8, 4) is 0 Å². The molecule has 2 aliphatic rings. The van der Waals surface area contributed by atoms with Crippen molar-refractivity contribution in [2.24, 2.45) is 11.3 Å². The van der Waals surface area contributed by atoms with Gasteiger partial charge in [-0.2, -0.15) is 0 Å². The Bertz CT molecular complexity index is 617. The first-order chi connectivity index (χ1) is 12.5. The van der Waals surface area contributed by atoms with Crippen molar-refractivity contribution in [1.29, 1.82) is 0 Å².